The molecule has 0 atom stereocenters. The van der Waals surface area contributed by atoms with Crippen molar-refractivity contribution in [2.24, 2.45) is 5.73 Å². The molecule has 1 aromatic carbocycles. The van der Waals surface area contributed by atoms with Gasteiger partial charge < -0.3 is 10.8 Å². The molecule has 0 aromatic heterocycles. The molecule has 0 unspecified atom stereocenters. The lowest BCUT2D eigenvalue weighted by atomic mass is 10.1. The molecule has 0 amide bonds. The quantitative estimate of drug-likeness (QED) is 0.560. The standard InChI is InChI=1S/C9H10N2O3/c1-6(5-10)7-2-3-9(12)8(4-7)11(13)14/h2-4,12H,1,5,10H2. The van der Waals surface area contributed by atoms with E-state index in [2.05, 4.69) is 6.58 Å². The SMILES string of the molecule is C=C(CN)c1ccc(O)c([N+](=O)[O-])c1. The molecule has 0 saturated heterocycles. The van der Waals surface area contributed by atoms with E-state index in [1.807, 2.05) is 0 Å². The molecule has 5 nitrogen and oxygen atoms in total. The first-order valence-corrected chi connectivity index (χ1v) is 3.92. The summed E-state index contributed by atoms with van der Waals surface area (Å²) in [6.45, 7) is 3.87. The van der Waals surface area contributed by atoms with Gasteiger partial charge in [0.15, 0.2) is 5.75 Å². The van der Waals surface area contributed by atoms with E-state index >= 15 is 0 Å². The van der Waals surface area contributed by atoms with E-state index in [-0.39, 0.29) is 18.0 Å². The fraction of sp³-hybridized carbons (Fsp3) is 0.111. The highest BCUT2D eigenvalue weighted by atomic mass is 16.6. The minimum atomic E-state index is -0.650. The molecule has 0 spiro atoms. The number of hydrogen-bond acceptors (Lipinski definition) is 4. The van der Waals surface area contributed by atoms with E-state index in [9.17, 15) is 10.1 Å². The maximum atomic E-state index is 10.5. The molecule has 0 radical (unpaired) electrons. The Morgan fingerprint density at radius 3 is 2.79 bits per heavy atom. The first-order valence-electron chi connectivity index (χ1n) is 3.92. The monoisotopic (exact) mass is 194 g/mol. The van der Waals surface area contributed by atoms with Gasteiger partial charge in [0.2, 0.25) is 0 Å². The number of hydrogen-bond donors (Lipinski definition) is 2. The van der Waals surface area contributed by atoms with Crippen LogP contribution in [0.15, 0.2) is 24.8 Å². The summed E-state index contributed by atoms with van der Waals surface area (Å²) in [5.74, 6) is -0.358. The summed E-state index contributed by atoms with van der Waals surface area (Å²) in [6, 6.07) is 4.05. The predicted octanol–water partition coefficient (Wildman–Crippen LogP) is 1.27. The highest BCUT2D eigenvalue weighted by Gasteiger charge is 2.13. The largest absolute Gasteiger partial charge is 0.502 e. The van der Waals surface area contributed by atoms with Crippen molar-refractivity contribution in [1.29, 1.82) is 0 Å². The normalized spacial score (nSPS) is 9.79. The van der Waals surface area contributed by atoms with Crippen LogP contribution < -0.4 is 5.73 Å². The lowest BCUT2D eigenvalue weighted by Crippen LogP contribution is -2.01. The molecule has 0 bridgehead atoms. The molecule has 0 heterocycles. The molecule has 0 saturated carbocycles. The Hall–Kier alpha value is -1.88. The van der Waals surface area contributed by atoms with E-state index in [0.29, 0.717) is 11.1 Å². The van der Waals surface area contributed by atoms with Crippen molar-refractivity contribution in [3.63, 3.8) is 0 Å². The smallest absolute Gasteiger partial charge is 0.311 e. The van der Waals surface area contributed by atoms with Crippen LogP contribution in [0.25, 0.3) is 5.57 Å². The summed E-state index contributed by atoms with van der Waals surface area (Å²) in [5, 5.41) is 19.6. The molecule has 74 valence electrons. The van der Waals surface area contributed by atoms with Crippen LogP contribution in [0.3, 0.4) is 0 Å². The van der Waals surface area contributed by atoms with Gasteiger partial charge >= 0.3 is 5.69 Å². The average molecular weight is 194 g/mol. The van der Waals surface area contributed by atoms with Crippen LogP contribution in [-0.4, -0.2) is 16.6 Å². The van der Waals surface area contributed by atoms with Gasteiger partial charge in [-0.2, -0.15) is 0 Å². The van der Waals surface area contributed by atoms with Gasteiger partial charge in [-0.05, 0) is 17.2 Å². The van der Waals surface area contributed by atoms with E-state index in [0.717, 1.165) is 0 Å². The van der Waals surface area contributed by atoms with Crippen molar-refractivity contribution in [3.8, 4) is 5.75 Å². The summed E-state index contributed by atoms with van der Waals surface area (Å²) in [5.41, 5.74) is 6.16. The molecule has 1 aromatic rings. The zero-order chi connectivity index (χ0) is 10.7. The molecule has 3 N–H and O–H groups in total. The Kier molecular flexibility index (Phi) is 2.83. The summed E-state index contributed by atoms with van der Waals surface area (Å²) in [6.07, 6.45) is 0. The second-order valence-electron chi connectivity index (χ2n) is 2.77. The summed E-state index contributed by atoms with van der Waals surface area (Å²) in [4.78, 5) is 9.82. The number of nitro groups is 1. The van der Waals surface area contributed by atoms with Crippen molar-refractivity contribution >= 4 is 11.3 Å². The molecule has 0 aliphatic rings. The zero-order valence-corrected chi connectivity index (χ0v) is 7.43. The molecule has 0 aliphatic carbocycles. The summed E-state index contributed by atoms with van der Waals surface area (Å²) >= 11 is 0. The number of nitrogens with zero attached hydrogens (tertiary/aromatic N) is 1. The Morgan fingerprint density at radius 1 is 1.64 bits per heavy atom. The van der Waals surface area contributed by atoms with Gasteiger partial charge in [-0.1, -0.05) is 12.6 Å². The van der Waals surface area contributed by atoms with E-state index in [1.54, 1.807) is 0 Å². The maximum Gasteiger partial charge on any atom is 0.311 e. The van der Waals surface area contributed by atoms with Crippen LogP contribution in [0, 0.1) is 10.1 Å². The predicted molar refractivity (Wildman–Crippen MR) is 52.8 cm³/mol. The highest BCUT2D eigenvalue weighted by Crippen LogP contribution is 2.28. The van der Waals surface area contributed by atoms with Gasteiger partial charge in [-0.25, -0.2) is 0 Å². The molecular formula is C9H10N2O3. The Balaban J connectivity index is 3.19. The van der Waals surface area contributed by atoms with Gasteiger partial charge in [0, 0.05) is 12.6 Å². The van der Waals surface area contributed by atoms with E-state index in [1.165, 1.54) is 18.2 Å². The van der Waals surface area contributed by atoms with Crippen LogP contribution in [0.5, 0.6) is 5.75 Å². The number of rotatable bonds is 3. The first-order chi connectivity index (χ1) is 6.56. The number of nitrogens with two attached hydrogens (primary N) is 1. The third kappa shape index (κ3) is 1.89. The minimum Gasteiger partial charge on any atom is -0.502 e. The molecular weight excluding hydrogens is 184 g/mol. The number of nitro benzene ring substituents is 1. The number of aromatic hydroxyl groups is 1. The van der Waals surface area contributed by atoms with Crippen LogP contribution in [-0.2, 0) is 0 Å². The van der Waals surface area contributed by atoms with Crippen molar-refractivity contribution in [2.45, 2.75) is 0 Å². The van der Waals surface area contributed by atoms with Gasteiger partial charge in [0.05, 0.1) is 4.92 Å². The van der Waals surface area contributed by atoms with Crippen LogP contribution in [0.2, 0.25) is 0 Å². The second-order valence-corrected chi connectivity index (χ2v) is 2.77. The third-order valence-electron chi connectivity index (χ3n) is 1.83. The molecule has 1 rings (SSSR count). The Morgan fingerprint density at radius 2 is 2.29 bits per heavy atom. The van der Waals surface area contributed by atoms with Crippen LogP contribution in [0.4, 0.5) is 5.69 Å². The lowest BCUT2D eigenvalue weighted by molar-refractivity contribution is -0.385. The average Bonchev–Trinajstić information content (AvgIpc) is 2.17. The molecule has 0 fully saturated rings. The van der Waals surface area contributed by atoms with Gasteiger partial charge in [-0.15, -0.1) is 0 Å². The van der Waals surface area contributed by atoms with Crippen molar-refractivity contribution in [1.82, 2.24) is 0 Å². The Bertz CT molecular complexity index is 388. The molecule has 14 heavy (non-hydrogen) atoms. The van der Waals surface area contributed by atoms with Gasteiger partial charge in [-0.3, -0.25) is 10.1 Å². The van der Waals surface area contributed by atoms with Crippen LogP contribution in [0.1, 0.15) is 5.56 Å². The topological polar surface area (TPSA) is 89.4 Å². The third-order valence-corrected chi connectivity index (χ3v) is 1.83. The zero-order valence-electron chi connectivity index (χ0n) is 7.43. The number of benzene rings is 1. The lowest BCUT2D eigenvalue weighted by Gasteiger charge is -2.03. The summed E-state index contributed by atoms with van der Waals surface area (Å²) < 4.78 is 0. The number of phenolic OH excluding ortho intramolecular Hbond substituents is 1. The molecule has 5 heteroatoms. The Labute approximate surface area is 80.6 Å². The highest BCUT2D eigenvalue weighted by molar-refractivity contribution is 5.68. The van der Waals surface area contributed by atoms with Crippen molar-refractivity contribution in [2.75, 3.05) is 6.54 Å². The molecule has 0 aliphatic heterocycles. The summed E-state index contributed by atoms with van der Waals surface area (Å²) in [7, 11) is 0. The second kappa shape index (κ2) is 3.89. The van der Waals surface area contributed by atoms with Crippen molar-refractivity contribution < 1.29 is 10.0 Å². The van der Waals surface area contributed by atoms with Gasteiger partial charge in [0.25, 0.3) is 0 Å². The maximum absolute atomic E-state index is 10.5. The minimum absolute atomic E-state index is 0.224. The van der Waals surface area contributed by atoms with E-state index in [4.69, 9.17) is 10.8 Å². The fourth-order valence-electron chi connectivity index (χ4n) is 1.01. The van der Waals surface area contributed by atoms with Crippen molar-refractivity contribution in [3.05, 3.63) is 40.5 Å². The fourth-order valence-corrected chi connectivity index (χ4v) is 1.01. The van der Waals surface area contributed by atoms with Crippen LogP contribution >= 0.6 is 0 Å². The van der Waals surface area contributed by atoms with Gasteiger partial charge in [0.1, 0.15) is 0 Å². The number of phenols is 1. The van der Waals surface area contributed by atoms with E-state index < -0.39 is 4.92 Å². The first kappa shape index (κ1) is 10.2.